The van der Waals surface area contributed by atoms with Gasteiger partial charge >= 0.3 is 0 Å². The minimum atomic E-state index is 0.444. The lowest BCUT2D eigenvalue weighted by Gasteiger charge is -2.06. The summed E-state index contributed by atoms with van der Waals surface area (Å²) in [5.41, 5.74) is 3.89. The molecule has 3 heterocycles. The second kappa shape index (κ2) is 7.93. The fraction of sp³-hybridized carbons (Fsp3) is 0.0417. The van der Waals surface area contributed by atoms with Crippen LogP contribution >= 0.6 is 11.3 Å². The summed E-state index contributed by atoms with van der Waals surface area (Å²) in [5.74, 6) is 1.22. The third-order valence-electron chi connectivity index (χ3n) is 4.63. The van der Waals surface area contributed by atoms with Crippen molar-refractivity contribution in [3.63, 3.8) is 0 Å². The van der Waals surface area contributed by atoms with Crippen molar-refractivity contribution < 1.29 is 9.15 Å². The van der Waals surface area contributed by atoms with Crippen molar-refractivity contribution in [2.75, 3.05) is 7.11 Å². The first-order valence-electron chi connectivity index (χ1n) is 9.40. The molecule has 0 saturated carbocycles. The molecule has 6 heteroatoms. The van der Waals surface area contributed by atoms with Crippen molar-refractivity contribution in [2.45, 2.75) is 0 Å². The third-order valence-corrected chi connectivity index (χ3v) is 5.50. The highest BCUT2D eigenvalue weighted by atomic mass is 32.1. The van der Waals surface area contributed by atoms with Gasteiger partial charge in [0, 0.05) is 22.5 Å². The maximum absolute atomic E-state index is 6.22. The van der Waals surface area contributed by atoms with Crippen molar-refractivity contribution in [3.05, 3.63) is 89.9 Å². The number of pyridine rings is 1. The van der Waals surface area contributed by atoms with E-state index in [1.165, 1.54) is 0 Å². The van der Waals surface area contributed by atoms with Gasteiger partial charge < -0.3 is 9.15 Å². The first-order valence-corrected chi connectivity index (χ1v) is 10.3. The zero-order valence-corrected chi connectivity index (χ0v) is 17.0. The van der Waals surface area contributed by atoms with Gasteiger partial charge in [-0.05, 0) is 24.3 Å². The zero-order chi connectivity index (χ0) is 20.3. The topological polar surface area (TPSA) is 60.5 Å². The highest BCUT2D eigenvalue weighted by Crippen LogP contribution is 2.31. The van der Waals surface area contributed by atoms with Gasteiger partial charge in [-0.2, -0.15) is 4.99 Å². The molecule has 0 atom stereocenters. The maximum Gasteiger partial charge on any atom is 0.231 e. The Labute approximate surface area is 177 Å². The Hall–Kier alpha value is -3.77. The van der Waals surface area contributed by atoms with Gasteiger partial charge in [0.1, 0.15) is 5.01 Å². The molecule has 0 aliphatic carbocycles. The summed E-state index contributed by atoms with van der Waals surface area (Å²) >= 11 is 1.56. The molecule has 0 bridgehead atoms. The van der Waals surface area contributed by atoms with Crippen LogP contribution in [0.15, 0.2) is 93.8 Å². The van der Waals surface area contributed by atoms with Gasteiger partial charge in [0.2, 0.25) is 5.55 Å². The number of hydrogen-bond acceptors (Lipinski definition) is 6. The van der Waals surface area contributed by atoms with Crippen molar-refractivity contribution >= 4 is 28.1 Å². The number of fused-ring (bicyclic) bond motifs is 1. The van der Waals surface area contributed by atoms with Gasteiger partial charge in [-0.3, -0.25) is 0 Å². The molecule has 5 aromatic rings. The second-order valence-electron chi connectivity index (χ2n) is 6.55. The summed E-state index contributed by atoms with van der Waals surface area (Å²) in [7, 11) is 1.63. The number of aromatic nitrogens is 2. The normalized spacial score (nSPS) is 11.7. The van der Waals surface area contributed by atoms with Crippen LogP contribution in [-0.2, 0) is 0 Å². The first kappa shape index (κ1) is 18.3. The lowest BCUT2D eigenvalue weighted by molar-refractivity contribution is 0.406. The van der Waals surface area contributed by atoms with E-state index in [0.29, 0.717) is 22.7 Å². The quantitative estimate of drug-likeness (QED) is 0.372. The predicted octanol–water partition coefficient (Wildman–Crippen LogP) is 5.86. The van der Waals surface area contributed by atoms with Crippen LogP contribution in [0.5, 0.6) is 5.75 Å². The van der Waals surface area contributed by atoms with E-state index in [2.05, 4.69) is 9.98 Å². The Morgan fingerprint density at radius 1 is 0.967 bits per heavy atom. The standard InChI is InChI=1S/C24H17N3O2S/c1-28-20-11-7-10-17-14-18(23(29-22(17)20)27-21-12-5-6-13-25-21)24-26-19(15-30-24)16-8-3-2-4-9-16/h2-15H,1H3. The minimum Gasteiger partial charge on any atom is -0.493 e. The number of thiazole rings is 1. The molecule has 5 nitrogen and oxygen atoms in total. The van der Waals surface area contributed by atoms with E-state index in [1.54, 1.807) is 24.6 Å². The van der Waals surface area contributed by atoms with Crippen LogP contribution < -0.4 is 10.3 Å². The maximum atomic E-state index is 6.22. The summed E-state index contributed by atoms with van der Waals surface area (Å²) in [6, 6.07) is 23.5. The van der Waals surface area contributed by atoms with Gasteiger partial charge in [0.25, 0.3) is 0 Å². The molecule has 0 saturated heterocycles. The Balaban J connectivity index is 1.74. The molecule has 0 spiro atoms. The SMILES string of the molecule is COc1cccc2cc(-c3nc(-c4ccccc4)cs3)c(=Nc3ccccn3)oc12. The molecule has 0 N–H and O–H groups in total. The highest BCUT2D eigenvalue weighted by Gasteiger charge is 2.14. The van der Waals surface area contributed by atoms with Crippen LogP contribution in [0.25, 0.3) is 32.8 Å². The summed E-state index contributed by atoms with van der Waals surface area (Å²) in [6.07, 6.45) is 1.71. The second-order valence-corrected chi connectivity index (χ2v) is 7.41. The number of nitrogens with zero attached hydrogens (tertiary/aromatic N) is 3. The van der Waals surface area contributed by atoms with Gasteiger partial charge in [0.15, 0.2) is 17.2 Å². The Morgan fingerprint density at radius 2 is 1.83 bits per heavy atom. The molecule has 0 unspecified atom stereocenters. The molecule has 30 heavy (non-hydrogen) atoms. The molecule has 3 aromatic heterocycles. The third kappa shape index (κ3) is 3.49. The van der Waals surface area contributed by atoms with E-state index in [1.807, 2.05) is 78.2 Å². The molecule has 0 aliphatic rings. The van der Waals surface area contributed by atoms with Crippen LogP contribution in [0, 0.1) is 0 Å². The number of hydrogen-bond donors (Lipinski definition) is 0. The molecule has 0 radical (unpaired) electrons. The van der Waals surface area contributed by atoms with Crippen LogP contribution in [-0.4, -0.2) is 17.1 Å². The smallest absolute Gasteiger partial charge is 0.231 e. The fourth-order valence-electron chi connectivity index (χ4n) is 3.18. The van der Waals surface area contributed by atoms with Gasteiger partial charge in [-0.15, -0.1) is 11.3 Å². The van der Waals surface area contributed by atoms with Gasteiger partial charge in [-0.25, -0.2) is 9.97 Å². The Kier molecular flexibility index (Phi) is 4.83. The van der Waals surface area contributed by atoms with Gasteiger partial charge in [0.05, 0.1) is 18.4 Å². The molecule has 0 fully saturated rings. The van der Waals surface area contributed by atoms with E-state index in [4.69, 9.17) is 14.1 Å². The van der Waals surface area contributed by atoms with Crippen LogP contribution in [0.2, 0.25) is 0 Å². The molecule has 2 aromatic carbocycles. The Morgan fingerprint density at radius 3 is 2.63 bits per heavy atom. The van der Waals surface area contributed by atoms with Gasteiger partial charge in [-0.1, -0.05) is 48.5 Å². The highest BCUT2D eigenvalue weighted by molar-refractivity contribution is 7.13. The summed E-state index contributed by atoms with van der Waals surface area (Å²) < 4.78 is 11.7. The Bertz CT molecular complexity index is 1380. The summed E-state index contributed by atoms with van der Waals surface area (Å²) in [6.45, 7) is 0. The number of benzene rings is 2. The molecular formula is C24H17N3O2S. The van der Waals surface area contributed by atoms with Crippen molar-refractivity contribution in [1.29, 1.82) is 0 Å². The van der Waals surface area contributed by atoms with E-state index in [9.17, 15) is 0 Å². The monoisotopic (exact) mass is 411 g/mol. The predicted molar refractivity (Wildman–Crippen MR) is 119 cm³/mol. The number of ether oxygens (including phenoxy) is 1. The lowest BCUT2D eigenvalue weighted by atomic mass is 10.1. The van der Waals surface area contributed by atoms with Crippen LogP contribution in [0.1, 0.15) is 0 Å². The van der Waals surface area contributed by atoms with Crippen LogP contribution in [0.3, 0.4) is 0 Å². The fourth-order valence-corrected chi connectivity index (χ4v) is 4.02. The number of methoxy groups -OCH3 is 1. The van der Waals surface area contributed by atoms with Crippen molar-refractivity contribution in [1.82, 2.24) is 9.97 Å². The average Bonchev–Trinajstić information content (AvgIpc) is 3.30. The molecule has 146 valence electrons. The molecular weight excluding hydrogens is 394 g/mol. The largest absolute Gasteiger partial charge is 0.493 e. The van der Waals surface area contributed by atoms with E-state index < -0.39 is 0 Å². The number of rotatable bonds is 4. The van der Waals surface area contributed by atoms with Crippen molar-refractivity contribution in [2.24, 2.45) is 4.99 Å². The van der Waals surface area contributed by atoms with Crippen LogP contribution in [0.4, 0.5) is 5.82 Å². The van der Waals surface area contributed by atoms with Crippen molar-refractivity contribution in [3.8, 4) is 27.6 Å². The van der Waals surface area contributed by atoms with E-state index >= 15 is 0 Å². The number of para-hydroxylation sites is 1. The molecule has 0 amide bonds. The molecule has 5 rings (SSSR count). The zero-order valence-electron chi connectivity index (χ0n) is 16.1. The minimum absolute atomic E-state index is 0.444. The average molecular weight is 411 g/mol. The first-order chi connectivity index (χ1) is 14.8. The molecule has 0 aliphatic heterocycles. The summed E-state index contributed by atoms with van der Waals surface area (Å²) in [4.78, 5) is 13.8. The summed E-state index contributed by atoms with van der Waals surface area (Å²) in [5, 5.41) is 3.79. The lowest BCUT2D eigenvalue weighted by Crippen LogP contribution is -2.06. The van der Waals surface area contributed by atoms with E-state index in [0.717, 1.165) is 27.2 Å². The van der Waals surface area contributed by atoms with E-state index in [-0.39, 0.29) is 0 Å².